The molecule has 2 aromatic rings. The maximum Gasteiger partial charge on any atom is 0.130 e. The first-order valence-electron chi connectivity index (χ1n) is 6.71. The van der Waals surface area contributed by atoms with E-state index in [2.05, 4.69) is 24.3 Å². The highest BCUT2D eigenvalue weighted by Gasteiger charge is 2.04. The predicted molar refractivity (Wildman–Crippen MR) is 97.6 cm³/mol. The van der Waals surface area contributed by atoms with Crippen molar-refractivity contribution in [1.82, 2.24) is 0 Å². The molecule has 1 unspecified atom stereocenters. The summed E-state index contributed by atoms with van der Waals surface area (Å²) in [7, 11) is 3.49. The first kappa shape index (κ1) is 16.6. The van der Waals surface area contributed by atoms with E-state index < -0.39 is 11.2 Å². The van der Waals surface area contributed by atoms with Crippen molar-refractivity contribution >= 4 is 32.8 Å². The third kappa shape index (κ3) is 7.14. The van der Waals surface area contributed by atoms with E-state index in [1.807, 2.05) is 47.9 Å². The molecule has 0 fully saturated rings. The van der Waals surface area contributed by atoms with E-state index in [4.69, 9.17) is 0 Å². The molecule has 21 heavy (non-hydrogen) atoms. The normalized spacial score (nSPS) is 12.6. The smallest absolute Gasteiger partial charge is 0.130 e. The Morgan fingerprint density at radius 3 is 2.19 bits per heavy atom. The van der Waals surface area contributed by atoms with Crippen molar-refractivity contribution in [2.24, 2.45) is 0 Å². The topological polar surface area (TPSA) is 23.1 Å². The van der Waals surface area contributed by atoms with Crippen molar-refractivity contribution in [3.05, 3.63) is 83.3 Å². The minimum Gasteiger partial charge on any atom is -0.616 e. The molecule has 2 aromatic carbocycles. The zero-order chi connectivity index (χ0) is 14.8. The molecular formula is C17H18OS3. The second kappa shape index (κ2) is 10.0. The highest BCUT2D eigenvalue weighted by Crippen LogP contribution is 2.26. The average Bonchev–Trinajstić information content (AvgIpc) is 2.53. The molecule has 0 aliphatic rings. The summed E-state index contributed by atoms with van der Waals surface area (Å²) in [6, 6.07) is 20.4. The van der Waals surface area contributed by atoms with E-state index in [-0.39, 0.29) is 0 Å². The molecule has 4 heteroatoms. The van der Waals surface area contributed by atoms with E-state index in [0.29, 0.717) is 11.5 Å². The second-order valence-electron chi connectivity index (χ2n) is 4.45. The van der Waals surface area contributed by atoms with Crippen molar-refractivity contribution in [3.63, 3.8) is 0 Å². The van der Waals surface area contributed by atoms with E-state index in [1.165, 1.54) is 5.56 Å². The Morgan fingerprint density at radius 2 is 1.52 bits per heavy atom. The lowest BCUT2D eigenvalue weighted by Crippen LogP contribution is -2.07. The SMILES string of the molecule is [O-][S+](C/C=C\SSCc1ccccc1)Cc1ccccc1. The number of benzene rings is 2. The molecule has 0 N–H and O–H groups in total. The summed E-state index contributed by atoms with van der Waals surface area (Å²) in [5, 5.41) is 2.04. The Morgan fingerprint density at radius 1 is 0.905 bits per heavy atom. The van der Waals surface area contributed by atoms with Gasteiger partial charge in [0.05, 0.1) is 0 Å². The van der Waals surface area contributed by atoms with Gasteiger partial charge in [-0.25, -0.2) is 0 Å². The van der Waals surface area contributed by atoms with Gasteiger partial charge in [0.25, 0.3) is 0 Å². The number of hydrogen-bond acceptors (Lipinski definition) is 3. The second-order valence-corrected chi connectivity index (χ2v) is 8.23. The van der Waals surface area contributed by atoms with Gasteiger partial charge in [0, 0.05) is 11.3 Å². The molecule has 0 bridgehead atoms. The Kier molecular flexibility index (Phi) is 7.89. The summed E-state index contributed by atoms with van der Waals surface area (Å²) in [6.45, 7) is 0. The van der Waals surface area contributed by atoms with Crippen LogP contribution in [0.15, 0.2) is 72.1 Å². The highest BCUT2D eigenvalue weighted by atomic mass is 33.1. The van der Waals surface area contributed by atoms with E-state index >= 15 is 0 Å². The lowest BCUT2D eigenvalue weighted by molar-refractivity contribution is 0.597. The van der Waals surface area contributed by atoms with Gasteiger partial charge in [-0.15, -0.1) is 0 Å². The minimum absolute atomic E-state index is 0.619. The molecule has 110 valence electrons. The van der Waals surface area contributed by atoms with Crippen LogP contribution in [0.4, 0.5) is 0 Å². The predicted octanol–water partition coefficient (Wildman–Crippen LogP) is 5.03. The zero-order valence-electron chi connectivity index (χ0n) is 11.7. The lowest BCUT2D eigenvalue weighted by atomic mass is 10.2. The van der Waals surface area contributed by atoms with Gasteiger partial charge in [-0.3, -0.25) is 0 Å². The largest absolute Gasteiger partial charge is 0.616 e. The van der Waals surface area contributed by atoms with Crippen molar-refractivity contribution in [2.45, 2.75) is 11.5 Å². The summed E-state index contributed by atoms with van der Waals surface area (Å²) >= 11 is -0.822. The fourth-order valence-corrected chi connectivity index (χ4v) is 4.57. The Hall–Kier alpha value is -0.810. The molecule has 1 nitrogen and oxygen atoms in total. The van der Waals surface area contributed by atoms with E-state index in [0.717, 1.165) is 11.3 Å². The van der Waals surface area contributed by atoms with Crippen molar-refractivity contribution in [2.75, 3.05) is 5.75 Å². The summed E-state index contributed by atoms with van der Waals surface area (Å²) in [4.78, 5) is 0. The van der Waals surface area contributed by atoms with Crippen molar-refractivity contribution in [3.8, 4) is 0 Å². The van der Waals surface area contributed by atoms with Gasteiger partial charge >= 0.3 is 0 Å². The third-order valence-corrected chi connectivity index (χ3v) is 5.95. The van der Waals surface area contributed by atoms with Crippen molar-refractivity contribution in [1.29, 1.82) is 0 Å². The molecule has 0 saturated heterocycles. The van der Waals surface area contributed by atoms with E-state index in [1.54, 1.807) is 21.6 Å². The van der Waals surface area contributed by atoms with E-state index in [9.17, 15) is 4.55 Å². The molecule has 0 aliphatic heterocycles. The summed E-state index contributed by atoms with van der Waals surface area (Å²) in [5.74, 6) is 2.24. The van der Waals surface area contributed by atoms with Crippen LogP contribution in [-0.2, 0) is 22.7 Å². The van der Waals surface area contributed by atoms with Crippen LogP contribution in [0.2, 0.25) is 0 Å². The lowest BCUT2D eigenvalue weighted by Gasteiger charge is -2.08. The Labute approximate surface area is 137 Å². The van der Waals surface area contributed by atoms with Gasteiger partial charge in [-0.2, -0.15) is 0 Å². The molecule has 1 atom stereocenters. The minimum atomic E-state index is -0.822. The molecule has 0 aliphatic carbocycles. The monoisotopic (exact) mass is 334 g/mol. The molecule has 2 rings (SSSR count). The van der Waals surface area contributed by atoms with Gasteiger partial charge in [0.1, 0.15) is 11.5 Å². The first-order valence-corrected chi connectivity index (χ1v) is 10.6. The van der Waals surface area contributed by atoms with Crippen LogP contribution in [0.5, 0.6) is 0 Å². The summed E-state index contributed by atoms with van der Waals surface area (Å²) in [5.41, 5.74) is 2.46. The zero-order valence-corrected chi connectivity index (χ0v) is 14.1. The molecule has 0 amide bonds. The summed E-state index contributed by atoms with van der Waals surface area (Å²) < 4.78 is 11.9. The van der Waals surface area contributed by atoms with Gasteiger partial charge in [0.2, 0.25) is 0 Å². The van der Waals surface area contributed by atoms with Crippen LogP contribution >= 0.6 is 21.6 Å². The van der Waals surface area contributed by atoms with Crippen LogP contribution < -0.4 is 0 Å². The van der Waals surface area contributed by atoms with Gasteiger partial charge in [0.15, 0.2) is 0 Å². The van der Waals surface area contributed by atoms with Gasteiger partial charge in [-0.05, 0) is 28.2 Å². The number of rotatable bonds is 8. The number of hydrogen-bond donors (Lipinski definition) is 0. The molecule has 0 saturated carbocycles. The van der Waals surface area contributed by atoms with Crippen molar-refractivity contribution < 1.29 is 4.55 Å². The summed E-state index contributed by atoms with van der Waals surface area (Å²) in [6.07, 6.45) is 2.00. The standard InChI is InChI=1S/C17H18OS3/c18-21(15-17-10-5-2-6-11-17)13-7-12-19-20-14-16-8-3-1-4-9-16/h1-12H,13-15H2/b12-7-. The molecule has 0 aromatic heterocycles. The maximum absolute atomic E-state index is 11.9. The van der Waals surface area contributed by atoms with Gasteiger partial charge < -0.3 is 4.55 Å². The van der Waals surface area contributed by atoms with Crippen LogP contribution in [0.25, 0.3) is 0 Å². The molecule has 0 radical (unpaired) electrons. The Bertz CT molecular complexity index is 528. The fraction of sp³-hybridized carbons (Fsp3) is 0.176. The van der Waals surface area contributed by atoms with Crippen LogP contribution in [0.1, 0.15) is 11.1 Å². The van der Waals surface area contributed by atoms with Gasteiger partial charge in [-0.1, -0.05) is 82.3 Å². The molecular weight excluding hydrogens is 316 g/mol. The molecule has 0 spiro atoms. The fourth-order valence-electron chi connectivity index (χ4n) is 1.72. The Balaban J connectivity index is 1.59. The average molecular weight is 335 g/mol. The quantitative estimate of drug-likeness (QED) is 0.384. The third-order valence-electron chi connectivity index (χ3n) is 2.74. The molecule has 0 heterocycles. The van der Waals surface area contributed by atoms with Crippen LogP contribution in [-0.4, -0.2) is 10.3 Å². The van der Waals surface area contributed by atoms with Crippen LogP contribution in [0.3, 0.4) is 0 Å². The first-order chi connectivity index (χ1) is 10.3. The van der Waals surface area contributed by atoms with Crippen LogP contribution in [0, 0.1) is 0 Å². The highest BCUT2D eigenvalue weighted by molar-refractivity contribution is 8.77. The maximum atomic E-state index is 11.9.